The van der Waals surface area contributed by atoms with E-state index in [4.69, 9.17) is 12.2 Å². The summed E-state index contributed by atoms with van der Waals surface area (Å²) < 4.78 is 12.8. The number of aromatic nitrogens is 1. The van der Waals surface area contributed by atoms with Gasteiger partial charge in [-0.1, -0.05) is 18.2 Å². The minimum atomic E-state index is -0.260. The number of halogens is 1. The zero-order chi connectivity index (χ0) is 15.4. The Morgan fingerprint density at radius 2 is 1.86 bits per heavy atom. The van der Waals surface area contributed by atoms with Gasteiger partial charge in [-0.15, -0.1) is 0 Å². The first-order valence-electron chi connectivity index (χ1n) is 7.08. The molecule has 0 bridgehead atoms. The molecule has 0 radical (unpaired) electrons. The van der Waals surface area contributed by atoms with Crippen LogP contribution >= 0.6 is 12.2 Å². The molecule has 0 aliphatic heterocycles. The minimum Gasteiger partial charge on any atom is -0.362 e. The van der Waals surface area contributed by atoms with Crippen molar-refractivity contribution in [3.8, 4) is 0 Å². The van der Waals surface area contributed by atoms with E-state index in [1.165, 1.54) is 23.1 Å². The maximum absolute atomic E-state index is 12.8. The molecule has 0 saturated carbocycles. The molecule has 3 rings (SSSR count). The van der Waals surface area contributed by atoms with Gasteiger partial charge in [0.2, 0.25) is 0 Å². The van der Waals surface area contributed by atoms with Crippen LogP contribution < -0.4 is 10.6 Å². The van der Waals surface area contributed by atoms with Crippen molar-refractivity contribution in [2.75, 3.05) is 11.9 Å². The van der Waals surface area contributed by atoms with E-state index in [1.807, 2.05) is 18.3 Å². The van der Waals surface area contributed by atoms with Gasteiger partial charge in [-0.2, -0.15) is 0 Å². The van der Waals surface area contributed by atoms with Crippen molar-refractivity contribution in [3.63, 3.8) is 0 Å². The summed E-state index contributed by atoms with van der Waals surface area (Å²) in [6.07, 6.45) is 2.90. The van der Waals surface area contributed by atoms with E-state index in [1.54, 1.807) is 12.1 Å². The van der Waals surface area contributed by atoms with Gasteiger partial charge in [0.25, 0.3) is 0 Å². The molecule has 112 valence electrons. The van der Waals surface area contributed by atoms with Crippen LogP contribution in [0, 0.1) is 5.82 Å². The van der Waals surface area contributed by atoms with Gasteiger partial charge >= 0.3 is 0 Å². The first kappa shape index (κ1) is 14.5. The molecule has 1 aromatic heterocycles. The molecule has 0 spiro atoms. The Hall–Kier alpha value is -2.40. The van der Waals surface area contributed by atoms with E-state index >= 15 is 0 Å². The zero-order valence-electron chi connectivity index (χ0n) is 11.9. The predicted octanol–water partition coefficient (Wildman–Crippen LogP) is 3.84. The van der Waals surface area contributed by atoms with Crippen molar-refractivity contribution < 1.29 is 4.39 Å². The first-order chi connectivity index (χ1) is 10.7. The quantitative estimate of drug-likeness (QED) is 0.641. The molecule has 0 saturated heterocycles. The van der Waals surface area contributed by atoms with E-state index in [9.17, 15) is 4.39 Å². The maximum Gasteiger partial charge on any atom is 0.170 e. The highest BCUT2D eigenvalue weighted by Crippen LogP contribution is 2.17. The summed E-state index contributed by atoms with van der Waals surface area (Å²) in [5.41, 5.74) is 3.17. The fraction of sp³-hybridized carbons (Fsp3) is 0.118. The van der Waals surface area contributed by atoms with E-state index in [2.05, 4.69) is 27.8 Å². The third kappa shape index (κ3) is 3.43. The van der Waals surface area contributed by atoms with Crippen LogP contribution in [0.15, 0.2) is 54.7 Å². The third-order valence-electron chi connectivity index (χ3n) is 3.46. The summed E-state index contributed by atoms with van der Waals surface area (Å²) in [6, 6.07) is 14.3. The number of para-hydroxylation sites is 1. The second-order valence-corrected chi connectivity index (χ2v) is 5.41. The number of rotatable bonds is 4. The summed E-state index contributed by atoms with van der Waals surface area (Å²) >= 11 is 5.24. The first-order valence-corrected chi connectivity index (χ1v) is 7.48. The lowest BCUT2D eigenvalue weighted by atomic mass is 10.1. The summed E-state index contributed by atoms with van der Waals surface area (Å²) in [6.45, 7) is 0.731. The van der Waals surface area contributed by atoms with E-state index in [0.717, 1.165) is 24.2 Å². The molecule has 1 heterocycles. The minimum absolute atomic E-state index is 0.260. The molecule has 0 aliphatic rings. The van der Waals surface area contributed by atoms with Gasteiger partial charge in [0, 0.05) is 29.3 Å². The van der Waals surface area contributed by atoms with Crippen molar-refractivity contribution in [2.45, 2.75) is 6.42 Å². The fourth-order valence-corrected chi connectivity index (χ4v) is 2.58. The molecule has 0 aliphatic carbocycles. The SMILES string of the molecule is Fc1ccc(NC(=S)NCCc2c[nH]c3ccccc23)cc1. The van der Waals surface area contributed by atoms with Crippen molar-refractivity contribution in [2.24, 2.45) is 0 Å². The molecule has 0 amide bonds. The van der Waals surface area contributed by atoms with Crippen LogP contribution in [0.5, 0.6) is 0 Å². The molecule has 5 heteroatoms. The molecule has 0 unspecified atom stereocenters. The molecule has 22 heavy (non-hydrogen) atoms. The number of H-pyrrole nitrogens is 1. The lowest BCUT2D eigenvalue weighted by Gasteiger charge is -2.10. The average Bonchev–Trinajstić information content (AvgIpc) is 2.93. The van der Waals surface area contributed by atoms with Gasteiger partial charge in [-0.25, -0.2) is 4.39 Å². The highest BCUT2D eigenvalue weighted by atomic mass is 32.1. The highest BCUT2D eigenvalue weighted by molar-refractivity contribution is 7.80. The molecule has 2 aromatic carbocycles. The van der Waals surface area contributed by atoms with Crippen molar-refractivity contribution in [1.29, 1.82) is 0 Å². The summed E-state index contributed by atoms with van der Waals surface area (Å²) in [5, 5.41) is 7.97. The predicted molar refractivity (Wildman–Crippen MR) is 92.6 cm³/mol. The molecule has 3 N–H and O–H groups in total. The van der Waals surface area contributed by atoms with Crippen LogP contribution in [0.4, 0.5) is 10.1 Å². The Morgan fingerprint density at radius 1 is 1.09 bits per heavy atom. The normalized spacial score (nSPS) is 10.6. The number of nitrogens with one attached hydrogen (secondary N) is 3. The van der Waals surface area contributed by atoms with Crippen LogP contribution in [-0.4, -0.2) is 16.6 Å². The van der Waals surface area contributed by atoms with Gasteiger partial charge in [-0.3, -0.25) is 0 Å². The average molecular weight is 313 g/mol. The smallest absolute Gasteiger partial charge is 0.170 e. The van der Waals surface area contributed by atoms with Gasteiger partial charge in [-0.05, 0) is 54.5 Å². The zero-order valence-corrected chi connectivity index (χ0v) is 12.7. The number of anilines is 1. The molecule has 3 aromatic rings. The highest BCUT2D eigenvalue weighted by Gasteiger charge is 2.03. The van der Waals surface area contributed by atoms with Gasteiger partial charge in [0.05, 0.1) is 0 Å². The Kier molecular flexibility index (Phi) is 4.34. The monoisotopic (exact) mass is 313 g/mol. The Balaban J connectivity index is 1.52. The van der Waals surface area contributed by atoms with Crippen LogP contribution in [-0.2, 0) is 6.42 Å². The number of hydrogen-bond acceptors (Lipinski definition) is 1. The number of fused-ring (bicyclic) bond motifs is 1. The van der Waals surface area contributed by atoms with Crippen LogP contribution in [0.2, 0.25) is 0 Å². The molecule has 0 fully saturated rings. The summed E-state index contributed by atoms with van der Waals surface area (Å²) in [7, 11) is 0. The van der Waals surface area contributed by atoms with Gasteiger partial charge < -0.3 is 15.6 Å². The maximum atomic E-state index is 12.8. The van der Waals surface area contributed by atoms with Crippen molar-refractivity contribution in [3.05, 3.63) is 66.1 Å². The van der Waals surface area contributed by atoms with E-state index in [-0.39, 0.29) is 5.82 Å². The van der Waals surface area contributed by atoms with Crippen LogP contribution in [0.1, 0.15) is 5.56 Å². The second-order valence-electron chi connectivity index (χ2n) is 5.00. The van der Waals surface area contributed by atoms with Gasteiger partial charge in [0.1, 0.15) is 5.82 Å². The molecule has 3 nitrogen and oxygen atoms in total. The molecular weight excluding hydrogens is 297 g/mol. The number of thiocarbonyl (C=S) groups is 1. The van der Waals surface area contributed by atoms with Crippen molar-refractivity contribution >= 4 is 33.9 Å². The number of aromatic amines is 1. The van der Waals surface area contributed by atoms with E-state index in [0.29, 0.717) is 5.11 Å². The fourth-order valence-electron chi connectivity index (χ4n) is 2.36. The standard InChI is InChI=1S/C17H16FN3S/c18-13-5-7-14(8-6-13)21-17(22)19-10-9-12-11-20-16-4-2-1-3-15(12)16/h1-8,11,20H,9-10H2,(H2,19,21,22). The third-order valence-corrected chi connectivity index (χ3v) is 3.70. The van der Waals surface area contributed by atoms with Crippen LogP contribution in [0.3, 0.4) is 0 Å². The Morgan fingerprint density at radius 3 is 2.68 bits per heavy atom. The molecular formula is C17H16FN3S. The Labute approximate surface area is 133 Å². The lowest BCUT2D eigenvalue weighted by Crippen LogP contribution is -2.30. The molecule has 0 atom stereocenters. The van der Waals surface area contributed by atoms with Crippen molar-refractivity contribution in [1.82, 2.24) is 10.3 Å². The topological polar surface area (TPSA) is 39.8 Å². The van der Waals surface area contributed by atoms with Crippen LogP contribution in [0.25, 0.3) is 10.9 Å². The lowest BCUT2D eigenvalue weighted by molar-refractivity contribution is 0.628. The largest absolute Gasteiger partial charge is 0.362 e. The second kappa shape index (κ2) is 6.58. The summed E-state index contributed by atoms with van der Waals surface area (Å²) in [4.78, 5) is 3.26. The summed E-state index contributed by atoms with van der Waals surface area (Å²) in [5.74, 6) is -0.260. The number of hydrogen-bond donors (Lipinski definition) is 3. The van der Waals surface area contributed by atoms with Gasteiger partial charge in [0.15, 0.2) is 5.11 Å². The Bertz CT molecular complexity index is 780. The van der Waals surface area contributed by atoms with E-state index < -0.39 is 0 Å². The number of benzene rings is 2.